The number of fused-ring (bicyclic) bond motifs is 1. The van der Waals surface area contributed by atoms with Crippen LogP contribution in [0.5, 0.6) is 0 Å². The van der Waals surface area contributed by atoms with Crippen molar-refractivity contribution in [3.63, 3.8) is 0 Å². The number of nitrogens with one attached hydrogen (secondary N) is 1. The summed E-state index contributed by atoms with van der Waals surface area (Å²) in [4.78, 5) is 24.4. The molecule has 3 saturated heterocycles. The van der Waals surface area contributed by atoms with Gasteiger partial charge in [0, 0.05) is 13.0 Å². The Kier molecular flexibility index (Phi) is 7.44. The van der Waals surface area contributed by atoms with Crippen LogP contribution in [0.25, 0.3) is 0 Å². The van der Waals surface area contributed by atoms with Crippen LogP contribution in [0, 0.1) is 0 Å². The standard InChI is InChI=1S/C24H33NO9/c1-23(2)29-14-16(32-23)18-19(20-21(31-18)34-24(3,4)33-20)30-17(26)11-8-12-25-22(27)28-13-15-9-6-5-7-10-15/h5-7,9-10,16,18-21H,8,11-14H2,1-4H3,(H,25,27)/t16-,18+,19-,20+,21-/m0/s1. The molecule has 3 heterocycles. The van der Waals surface area contributed by atoms with Gasteiger partial charge in [0.05, 0.1) is 6.61 Å². The second-order valence-corrected chi connectivity index (χ2v) is 9.48. The molecule has 0 unspecified atom stereocenters. The first-order valence-electron chi connectivity index (χ1n) is 11.6. The van der Waals surface area contributed by atoms with Crippen molar-refractivity contribution in [3.05, 3.63) is 35.9 Å². The second-order valence-electron chi connectivity index (χ2n) is 9.48. The number of alkyl carbamates (subject to hydrolysis) is 1. The number of carbonyl (C=O) groups is 2. The van der Waals surface area contributed by atoms with Crippen LogP contribution in [0.1, 0.15) is 46.1 Å². The Labute approximate surface area is 199 Å². The summed E-state index contributed by atoms with van der Waals surface area (Å²) in [6, 6.07) is 9.39. The molecule has 1 aromatic carbocycles. The summed E-state index contributed by atoms with van der Waals surface area (Å²) in [5, 5.41) is 2.64. The molecular formula is C24H33NO9. The second kappa shape index (κ2) is 10.2. The molecule has 0 spiro atoms. The molecule has 1 N–H and O–H groups in total. The van der Waals surface area contributed by atoms with E-state index in [4.69, 9.17) is 33.2 Å². The minimum Gasteiger partial charge on any atom is -0.456 e. The predicted octanol–water partition coefficient (Wildman–Crippen LogP) is 2.63. The summed E-state index contributed by atoms with van der Waals surface area (Å²) in [7, 11) is 0. The zero-order valence-electron chi connectivity index (χ0n) is 20.0. The maximum absolute atomic E-state index is 12.6. The van der Waals surface area contributed by atoms with E-state index in [0.29, 0.717) is 13.0 Å². The van der Waals surface area contributed by atoms with Gasteiger partial charge < -0.3 is 38.5 Å². The summed E-state index contributed by atoms with van der Waals surface area (Å²) in [5.74, 6) is -2.02. The average Bonchev–Trinajstić information content (AvgIpc) is 3.40. The molecule has 188 valence electrons. The lowest BCUT2D eigenvalue weighted by atomic mass is 10.1. The van der Waals surface area contributed by atoms with Crippen molar-refractivity contribution in [2.45, 2.75) is 89.4 Å². The van der Waals surface area contributed by atoms with Crippen LogP contribution in [-0.4, -0.2) is 67.5 Å². The number of ether oxygens (including phenoxy) is 7. The first-order chi connectivity index (χ1) is 16.1. The van der Waals surface area contributed by atoms with Gasteiger partial charge in [-0.1, -0.05) is 30.3 Å². The van der Waals surface area contributed by atoms with E-state index < -0.39 is 54.3 Å². The number of esters is 1. The van der Waals surface area contributed by atoms with Crippen molar-refractivity contribution in [1.82, 2.24) is 5.32 Å². The topological polar surface area (TPSA) is 111 Å². The fourth-order valence-corrected chi connectivity index (χ4v) is 4.22. The Balaban J connectivity index is 1.23. The molecule has 5 atom stereocenters. The number of hydrogen-bond donors (Lipinski definition) is 1. The van der Waals surface area contributed by atoms with Gasteiger partial charge in [0.1, 0.15) is 18.8 Å². The average molecular weight is 480 g/mol. The highest BCUT2D eigenvalue weighted by atomic mass is 16.8. The Morgan fingerprint density at radius 3 is 2.50 bits per heavy atom. The monoisotopic (exact) mass is 479 g/mol. The molecule has 10 nitrogen and oxygen atoms in total. The molecule has 10 heteroatoms. The molecular weight excluding hydrogens is 446 g/mol. The number of carbonyl (C=O) groups excluding carboxylic acids is 2. The third-order valence-corrected chi connectivity index (χ3v) is 5.73. The third kappa shape index (κ3) is 6.25. The first kappa shape index (κ1) is 24.9. The number of hydrogen-bond acceptors (Lipinski definition) is 9. The van der Waals surface area contributed by atoms with Crippen LogP contribution in [0.3, 0.4) is 0 Å². The van der Waals surface area contributed by atoms with Crippen LogP contribution in [0.2, 0.25) is 0 Å². The highest BCUT2D eigenvalue weighted by molar-refractivity contribution is 5.70. The van der Waals surface area contributed by atoms with E-state index in [1.807, 2.05) is 44.2 Å². The van der Waals surface area contributed by atoms with Crippen molar-refractivity contribution < 1.29 is 42.7 Å². The van der Waals surface area contributed by atoms with Crippen molar-refractivity contribution in [2.24, 2.45) is 0 Å². The van der Waals surface area contributed by atoms with Gasteiger partial charge in [-0.05, 0) is 39.7 Å². The van der Waals surface area contributed by atoms with Crippen molar-refractivity contribution >= 4 is 12.1 Å². The number of benzene rings is 1. The first-order valence-corrected chi connectivity index (χ1v) is 11.6. The molecule has 1 aromatic rings. The minimum atomic E-state index is -0.846. The van der Waals surface area contributed by atoms with Gasteiger partial charge in [-0.2, -0.15) is 0 Å². The van der Waals surface area contributed by atoms with E-state index in [-0.39, 0.29) is 19.6 Å². The van der Waals surface area contributed by atoms with E-state index in [9.17, 15) is 9.59 Å². The lowest BCUT2D eigenvalue weighted by Crippen LogP contribution is -2.45. The number of rotatable bonds is 8. The summed E-state index contributed by atoms with van der Waals surface area (Å²) in [6.45, 7) is 7.97. The maximum Gasteiger partial charge on any atom is 0.407 e. The van der Waals surface area contributed by atoms with Crippen molar-refractivity contribution in [3.8, 4) is 0 Å². The molecule has 4 rings (SSSR count). The lowest BCUT2D eigenvalue weighted by Gasteiger charge is -2.28. The van der Waals surface area contributed by atoms with Crippen LogP contribution in [0.15, 0.2) is 30.3 Å². The van der Waals surface area contributed by atoms with E-state index in [1.165, 1.54) is 0 Å². The van der Waals surface area contributed by atoms with Crippen molar-refractivity contribution in [1.29, 1.82) is 0 Å². The fourth-order valence-electron chi connectivity index (χ4n) is 4.22. The van der Waals surface area contributed by atoms with E-state index in [0.717, 1.165) is 5.56 Å². The van der Waals surface area contributed by atoms with E-state index >= 15 is 0 Å². The molecule has 3 fully saturated rings. The van der Waals surface area contributed by atoms with Gasteiger partial charge in [-0.3, -0.25) is 4.79 Å². The highest BCUT2D eigenvalue weighted by Gasteiger charge is 2.59. The smallest absolute Gasteiger partial charge is 0.407 e. The fraction of sp³-hybridized carbons (Fsp3) is 0.667. The predicted molar refractivity (Wildman–Crippen MR) is 117 cm³/mol. The van der Waals surface area contributed by atoms with E-state index in [2.05, 4.69) is 5.32 Å². The molecule has 1 amide bonds. The molecule has 0 bridgehead atoms. The Morgan fingerprint density at radius 1 is 1.03 bits per heavy atom. The van der Waals surface area contributed by atoms with Gasteiger partial charge in [-0.15, -0.1) is 0 Å². The van der Waals surface area contributed by atoms with Gasteiger partial charge >= 0.3 is 12.1 Å². The molecule has 0 saturated carbocycles. The van der Waals surface area contributed by atoms with Gasteiger partial charge in [0.2, 0.25) is 0 Å². The molecule has 3 aliphatic heterocycles. The third-order valence-electron chi connectivity index (χ3n) is 5.73. The highest BCUT2D eigenvalue weighted by Crippen LogP contribution is 2.42. The normalized spacial score (nSPS) is 31.1. The largest absolute Gasteiger partial charge is 0.456 e. The summed E-state index contributed by atoms with van der Waals surface area (Å²) in [6.07, 6.45) is -2.97. The Morgan fingerprint density at radius 2 is 1.79 bits per heavy atom. The van der Waals surface area contributed by atoms with Gasteiger partial charge in [-0.25, -0.2) is 4.79 Å². The Bertz CT molecular complexity index is 859. The van der Waals surface area contributed by atoms with Gasteiger partial charge in [0.15, 0.2) is 30.1 Å². The van der Waals surface area contributed by atoms with Crippen molar-refractivity contribution in [2.75, 3.05) is 13.2 Å². The van der Waals surface area contributed by atoms with Crippen LogP contribution >= 0.6 is 0 Å². The van der Waals surface area contributed by atoms with Gasteiger partial charge in [0.25, 0.3) is 0 Å². The summed E-state index contributed by atoms with van der Waals surface area (Å²) < 4.78 is 40.3. The van der Waals surface area contributed by atoms with Crippen LogP contribution in [-0.2, 0) is 44.6 Å². The van der Waals surface area contributed by atoms with Crippen LogP contribution < -0.4 is 5.32 Å². The molecule has 0 radical (unpaired) electrons. The van der Waals surface area contributed by atoms with Crippen LogP contribution in [0.4, 0.5) is 4.79 Å². The summed E-state index contributed by atoms with van der Waals surface area (Å²) in [5.41, 5.74) is 0.897. The molecule has 34 heavy (non-hydrogen) atoms. The minimum absolute atomic E-state index is 0.108. The Hall–Kier alpha value is -2.24. The maximum atomic E-state index is 12.6. The zero-order valence-corrected chi connectivity index (χ0v) is 20.0. The SMILES string of the molecule is CC1(C)O[C@@H]2O[C@H]([C@@H]3COC(C)(C)O3)[C@H](OC(=O)CCCNC(=O)OCc3ccccc3)[C@H]2O1. The molecule has 0 aromatic heterocycles. The molecule has 3 aliphatic rings. The zero-order chi connectivity index (χ0) is 24.3. The quantitative estimate of drug-likeness (QED) is 0.444. The number of amides is 1. The summed E-state index contributed by atoms with van der Waals surface area (Å²) >= 11 is 0. The molecule has 0 aliphatic carbocycles. The van der Waals surface area contributed by atoms with E-state index in [1.54, 1.807) is 13.8 Å². The lowest BCUT2D eigenvalue weighted by molar-refractivity contribution is -0.235.